The number of Topliss-reactive ketones (excluding diaryl/α,β-unsaturated/α-hetero) is 1. The van der Waals surface area contributed by atoms with Crippen LogP contribution in [0.4, 0.5) is 0 Å². The molecule has 0 fully saturated rings. The summed E-state index contributed by atoms with van der Waals surface area (Å²) < 4.78 is 0. The largest absolute Gasteiger partial charge is 0.300 e. The molecule has 0 spiro atoms. The van der Waals surface area contributed by atoms with Gasteiger partial charge in [-0.05, 0) is 26.2 Å². The molecule has 0 radical (unpaired) electrons. The summed E-state index contributed by atoms with van der Waals surface area (Å²) in [5.41, 5.74) is 0.971. The van der Waals surface area contributed by atoms with Gasteiger partial charge in [-0.15, -0.1) is 0 Å². The van der Waals surface area contributed by atoms with Crippen molar-refractivity contribution >= 4 is 5.78 Å². The molecule has 4 heteroatoms. The first kappa shape index (κ1) is 8.90. The van der Waals surface area contributed by atoms with Gasteiger partial charge in [0, 0.05) is 6.42 Å². The molecule has 4 nitrogen and oxygen atoms in total. The van der Waals surface area contributed by atoms with Crippen molar-refractivity contribution in [3.63, 3.8) is 0 Å². The van der Waals surface area contributed by atoms with E-state index in [1.165, 1.54) is 0 Å². The predicted octanol–water partition coefficient (Wildman–Crippen LogP) is 1.11. The average Bonchev–Trinajstić information content (AvgIpc) is 2.49. The lowest BCUT2D eigenvalue weighted by Crippen LogP contribution is -1.91. The number of aryl methyl sites for hydroxylation is 1. The Morgan fingerprint density at radius 3 is 3.00 bits per heavy atom. The minimum absolute atomic E-state index is 0.259. The molecule has 1 rings (SSSR count). The molecule has 1 heterocycles. The van der Waals surface area contributed by atoms with E-state index < -0.39 is 0 Å². The van der Waals surface area contributed by atoms with Gasteiger partial charge in [0.25, 0.3) is 0 Å². The third-order valence-corrected chi connectivity index (χ3v) is 1.68. The van der Waals surface area contributed by atoms with Crippen LogP contribution in [0.25, 0.3) is 0 Å². The standard InChI is InChI=1S/C8H13N3O/c1-7(12)4-2-3-5-8-6-9-11-10-8/h6H,2-5H2,1H3,(H,9,10,11). The van der Waals surface area contributed by atoms with Crippen molar-refractivity contribution in [2.24, 2.45) is 0 Å². The third-order valence-electron chi connectivity index (χ3n) is 1.68. The molecule has 12 heavy (non-hydrogen) atoms. The predicted molar refractivity (Wildman–Crippen MR) is 44.6 cm³/mol. The first-order valence-electron chi connectivity index (χ1n) is 4.13. The monoisotopic (exact) mass is 167 g/mol. The summed E-state index contributed by atoms with van der Waals surface area (Å²) in [6, 6.07) is 0. The fraction of sp³-hybridized carbons (Fsp3) is 0.625. The van der Waals surface area contributed by atoms with Gasteiger partial charge in [0.1, 0.15) is 5.78 Å². The van der Waals surface area contributed by atoms with Crippen LogP contribution in [-0.2, 0) is 11.2 Å². The number of rotatable bonds is 5. The number of nitrogens with one attached hydrogen (secondary N) is 1. The van der Waals surface area contributed by atoms with Crippen molar-refractivity contribution in [3.8, 4) is 0 Å². The first-order chi connectivity index (χ1) is 5.79. The smallest absolute Gasteiger partial charge is 0.129 e. The summed E-state index contributed by atoms with van der Waals surface area (Å²) in [5, 5.41) is 10.2. The number of H-pyrrole nitrogens is 1. The van der Waals surface area contributed by atoms with Crippen molar-refractivity contribution in [1.29, 1.82) is 0 Å². The Labute approximate surface area is 71.4 Å². The van der Waals surface area contributed by atoms with Gasteiger partial charge < -0.3 is 4.79 Å². The van der Waals surface area contributed by atoms with Crippen molar-refractivity contribution in [1.82, 2.24) is 15.4 Å². The zero-order valence-corrected chi connectivity index (χ0v) is 7.21. The maximum absolute atomic E-state index is 10.6. The number of hydrogen-bond donors (Lipinski definition) is 1. The van der Waals surface area contributed by atoms with E-state index in [0.717, 1.165) is 25.0 Å². The van der Waals surface area contributed by atoms with Crippen LogP contribution in [0.3, 0.4) is 0 Å². The van der Waals surface area contributed by atoms with Gasteiger partial charge >= 0.3 is 0 Å². The van der Waals surface area contributed by atoms with Crippen LogP contribution in [0.2, 0.25) is 0 Å². The summed E-state index contributed by atoms with van der Waals surface area (Å²) in [4.78, 5) is 10.6. The van der Waals surface area contributed by atoms with Gasteiger partial charge in [-0.25, -0.2) is 0 Å². The number of carbonyl (C=O) groups excluding carboxylic acids is 1. The van der Waals surface area contributed by atoms with E-state index in [2.05, 4.69) is 15.4 Å². The molecule has 0 saturated heterocycles. The van der Waals surface area contributed by atoms with E-state index in [-0.39, 0.29) is 5.78 Å². The summed E-state index contributed by atoms with van der Waals surface area (Å²) >= 11 is 0. The fourth-order valence-electron chi connectivity index (χ4n) is 1.03. The Morgan fingerprint density at radius 1 is 1.58 bits per heavy atom. The van der Waals surface area contributed by atoms with E-state index in [9.17, 15) is 4.79 Å². The molecule has 0 bridgehead atoms. The van der Waals surface area contributed by atoms with E-state index in [1.54, 1.807) is 13.1 Å². The van der Waals surface area contributed by atoms with Gasteiger partial charge in [0.05, 0.1) is 11.9 Å². The van der Waals surface area contributed by atoms with E-state index in [0.29, 0.717) is 6.42 Å². The third kappa shape index (κ3) is 3.27. The Bertz CT molecular complexity index is 230. The molecule has 0 aliphatic carbocycles. The number of ketones is 1. The van der Waals surface area contributed by atoms with Crippen molar-refractivity contribution < 1.29 is 4.79 Å². The number of hydrogen-bond acceptors (Lipinski definition) is 3. The SMILES string of the molecule is CC(=O)CCCCc1cn[nH]n1. The summed E-state index contributed by atoms with van der Waals surface area (Å²) in [6.07, 6.45) is 5.25. The van der Waals surface area contributed by atoms with Crippen molar-refractivity contribution in [3.05, 3.63) is 11.9 Å². The highest BCUT2D eigenvalue weighted by molar-refractivity contribution is 5.75. The number of unbranched alkanes of at least 4 members (excludes halogenated alkanes) is 1. The van der Waals surface area contributed by atoms with E-state index in [1.807, 2.05) is 0 Å². The number of nitrogens with zero attached hydrogens (tertiary/aromatic N) is 2. The van der Waals surface area contributed by atoms with Crippen LogP contribution >= 0.6 is 0 Å². The second-order valence-corrected chi connectivity index (χ2v) is 2.87. The van der Waals surface area contributed by atoms with Gasteiger partial charge in [0.15, 0.2) is 0 Å². The van der Waals surface area contributed by atoms with E-state index in [4.69, 9.17) is 0 Å². The van der Waals surface area contributed by atoms with Gasteiger partial charge in [-0.1, -0.05) is 0 Å². The van der Waals surface area contributed by atoms with Crippen LogP contribution in [0.1, 0.15) is 31.9 Å². The Hall–Kier alpha value is -1.19. The Kier molecular flexibility index (Phi) is 3.44. The van der Waals surface area contributed by atoms with Crippen LogP contribution < -0.4 is 0 Å². The van der Waals surface area contributed by atoms with Crippen LogP contribution in [0.15, 0.2) is 6.20 Å². The first-order valence-corrected chi connectivity index (χ1v) is 4.13. The molecule has 1 aromatic heterocycles. The second kappa shape index (κ2) is 4.64. The highest BCUT2D eigenvalue weighted by Gasteiger charge is 1.97. The lowest BCUT2D eigenvalue weighted by Gasteiger charge is -1.94. The van der Waals surface area contributed by atoms with Crippen LogP contribution in [0, 0.1) is 0 Å². The van der Waals surface area contributed by atoms with Gasteiger partial charge in [-0.3, -0.25) is 0 Å². The molecule has 0 aliphatic rings. The molecular formula is C8H13N3O. The van der Waals surface area contributed by atoms with Crippen molar-refractivity contribution in [2.45, 2.75) is 32.6 Å². The number of carbonyl (C=O) groups is 1. The zero-order valence-electron chi connectivity index (χ0n) is 7.21. The molecule has 1 N–H and O–H groups in total. The lowest BCUT2D eigenvalue weighted by atomic mass is 10.1. The summed E-state index contributed by atoms with van der Waals surface area (Å²) in [6.45, 7) is 1.62. The normalized spacial score (nSPS) is 10.1. The Balaban J connectivity index is 2.07. The molecule has 66 valence electrons. The molecule has 0 unspecified atom stereocenters. The molecular weight excluding hydrogens is 154 g/mol. The van der Waals surface area contributed by atoms with Crippen LogP contribution in [0.5, 0.6) is 0 Å². The van der Waals surface area contributed by atoms with Gasteiger partial charge in [0.2, 0.25) is 0 Å². The molecule has 0 atom stereocenters. The minimum Gasteiger partial charge on any atom is -0.300 e. The summed E-state index contributed by atoms with van der Waals surface area (Å²) in [7, 11) is 0. The number of aromatic nitrogens is 3. The van der Waals surface area contributed by atoms with E-state index >= 15 is 0 Å². The highest BCUT2D eigenvalue weighted by Crippen LogP contribution is 2.02. The summed E-state index contributed by atoms with van der Waals surface area (Å²) in [5.74, 6) is 0.259. The molecule has 0 aliphatic heterocycles. The number of aromatic amines is 1. The lowest BCUT2D eigenvalue weighted by molar-refractivity contribution is -0.117. The quantitative estimate of drug-likeness (QED) is 0.668. The minimum atomic E-state index is 0.259. The van der Waals surface area contributed by atoms with Crippen molar-refractivity contribution in [2.75, 3.05) is 0 Å². The molecule has 0 amide bonds. The van der Waals surface area contributed by atoms with Crippen LogP contribution in [-0.4, -0.2) is 21.2 Å². The maximum atomic E-state index is 10.6. The molecule has 1 aromatic rings. The Morgan fingerprint density at radius 2 is 2.42 bits per heavy atom. The highest BCUT2D eigenvalue weighted by atomic mass is 16.1. The second-order valence-electron chi connectivity index (χ2n) is 2.87. The topological polar surface area (TPSA) is 58.6 Å². The zero-order chi connectivity index (χ0) is 8.81. The molecule has 0 aromatic carbocycles. The molecule has 0 saturated carbocycles. The maximum Gasteiger partial charge on any atom is 0.129 e. The fourth-order valence-corrected chi connectivity index (χ4v) is 1.03. The average molecular weight is 167 g/mol. The van der Waals surface area contributed by atoms with Gasteiger partial charge in [-0.2, -0.15) is 15.4 Å².